The van der Waals surface area contributed by atoms with Crippen LogP contribution in [0.3, 0.4) is 0 Å². The van der Waals surface area contributed by atoms with E-state index in [4.69, 9.17) is 21.1 Å². The molecule has 2 heterocycles. The Balaban J connectivity index is 1.21. The Morgan fingerprint density at radius 3 is 2.48 bits per heavy atom. The van der Waals surface area contributed by atoms with E-state index in [9.17, 15) is 27.6 Å². The lowest BCUT2D eigenvalue weighted by Crippen LogP contribution is -2.63. The molecule has 3 aromatic carbocycles. The van der Waals surface area contributed by atoms with Crippen LogP contribution in [0.15, 0.2) is 66.2 Å². The molecule has 3 amide bonds. The number of carbonyl (C=O) groups excluding carboxylic acids is 3. The Morgan fingerprint density at radius 2 is 1.75 bits per heavy atom. The molecule has 2 unspecified atom stereocenters. The quantitative estimate of drug-likeness (QED) is 0.113. The zero-order valence-corrected chi connectivity index (χ0v) is 29.7. The number of fused-ring (bicyclic) bond motifs is 2. The summed E-state index contributed by atoms with van der Waals surface area (Å²) < 4.78 is 51.6. The largest absolute Gasteiger partial charge is 0.488 e. The second-order valence-corrected chi connectivity index (χ2v) is 13.7. The fourth-order valence-electron chi connectivity index (χ4n) is 6.83. The highest BCUT2D eigenvalue weighted by Crippen LogP contribution is 2.38. The first-order valence-corrected chi connectivity index (χ1v) is 18.1. The van der Waals surface area contributed by atoms with Crippen LogP contribution in [0.4, 0.5) is 18.0 Å². The van der Waals surface area contributed by atoms with E-state index < -0.39 is 29.2 Å². The third-order valence-electron chi connectivity index (χ3n) is 9.54. The first-order valence-electron chi connectivity index (χ1n) is 17.7. The highest BCUT2D eigenvalue weighted by molar-refractivity contribution is 6.31. The summed E-state index contributed by atoms with van der Waals surface area (Å²) in [5.41, 5.74) is 4.23. The molecule has 2 aliphatic heterocycles. The molecule has 9 nitrogen and oxygen atoms in total. The minimum Gasteiger partial charge on any atom is -0.488 e. The second kappa shape index (κ2) is 16.9. The minimum atomic E-state index is -1.35. The molecule has 2 atom stereocenters. The van der Waals surface area contributed by atoms with Gasteiger partial charge in [0.05, 0.1) is 25.7 Å². The maximum atomic E-state index is 14.7. The molecule has 3 aromatic rings. The summed E-state index contributed by atoms with van der Waals surface area (Å²) in [6.07, 6.45) is 3.34. The first-order chi connectivity index (χ1) is 25.1. The molecular weight excluding hydrogens is 697 g/mol. The summed E-state index contributed by atoms with van der Waals surface area (Å²) in [5, 5.41) is 7.01. The van der Waals surface area contributed by atoms with Crippen molar-refractivity contribution in [2.24, 2.45) is 0 Å². The van der Waals surface area contributed by atoms with Gasteiger partial charge in [0.25, 0.3) is 5.91 Å². The summed E-state index contributed by atoms with van der Waals surface area (Å²) >= 11 is 6.54. The van der Waals surface area contributed by atoms with Gasteiger partial charge in [-0.1, -0.05) is 54.1 Å². The molecule has 2 fully saturated rings. The zero-order chi connectivity index (χ0) is 36.8. The Hall–Kier alpha value is -4.55. The van der Waals surface area contributed by atoms with Crippen molar-refractivity contribution in [1.29, 1.82) is 0 Å². The number of piperazine rings is 1. The van der Waals surface area contributed by atoms with Gasteiger partial charge in [-0.2, -0.15) is 4.39 Å². The van der Waals surface area contributed by atoms with Crippen molar-refractivity contribution in [3.05, 3.63) is 105 Å². The lowest BCUT2D eigenvalue weighted by molar-refractivity contribution is -0.142. The van der Waals surface area contributed by atoms with Crippen LogP contribution < -0.4 is 15.4 Å². The molecule has 0 aromatic heterocycles. The van der Waals surface area contributed by atoms with E-state index in [-0.39, 0.29) is 62.7 Å². The number of rotatable bonds is 14. The summed E-state index contributed by atoms with van der Waals surface area (Å²) in [6, 6.07) is 16.1. The normalized spacial score (nSPS) is 18.2. The predicted molar refractivity (Wildman–Crippen MR) is 190 cm³/mol. The van der Waals surface area contributed by atoms with E-state index in [0.717, 1.165) is 47.2 Å². The van der Waals surface area contributed by atoms with Gasteiger partial charge in [-0.05, 0) is 79.5 Å². The lowest BCUT2D eigenvalue weighted by Gasteiger charge is -2.45. The smallest absolute Gasteiger partial charge is 0.317 e. The molecule has 2 bridgehead atoms. The molecule has 1 saturated heterocycles. The Bertz CT molecular complexity index is 1820. The van der Waals surface area contributed by atoms with E-state index in [2.05, 4.69) is 10.6 Å². The fourth-order valence-corrected chi connectivity index (χ4v) is 7.03. The summed E-state index contributed by atoms with van der Waals surface area (Å²) in [4.78, 5) is 43.4. The summed E-state index contributed by atoms with van der Waals surface area (Å²) in [7, 11) is 0. The highest BCUT2D eigenvalue weighted by atomic mass is 35.5. The second-order valence-electron chi connectivity index (χ2n) is 13.3. The molecule has 2 N–H and O–H groups in total. The van der Waals surface area contributed by atoms with Crippen LogP contribution in [0, 0.1) is 17.5 Å². The molecule has 276 valence electrons. The molecule has 1 saturated carbocycles. The van der Waals surface area contributed by atoms with Crippen molar-refractivity contribution in [3.8, 4) is 5.75 Å². The summed E-state index contributed by atoms with van der Waals surface area (Å²) in [6.45, 7) is 3.19. The lowest BCUT2D eigenvalue weighted by atomic mass is 9.82. The number of hydrogen-bond acceptors (Lipinski definition) is 6. The van der Waals surface area contributed by atoms with E-state index in [1.54, 1.807) is 11.8 Å². The van der Waals surface area contributed by atoms with Crippen molar-refractivity contribution in [3.63, 3.8) is 0 Å². The number of urea groups is 1. The summed E-state index contributed by atoms with van der Waals surface area (Å²) in [5.74, 6) is -4.69. The number of halogens is 4. The van der Waals surface area contributed by atoms with Crippen LogP contribution in [0.1, 0.15) is 55.7 Å². The predicted octanol–water partition coefficient (Wildman–Crippen LogP) is 6.42. The Morgan fingerprint density at radius 1 is 1.00 bits per heavy atom. The third kappa shape index (κ3) is 8.90. The minimum absolute atomic E-state index is 0.00673. The van der Waals surface area contributed by atoms with Crippen LogP contribution in [0.5, 0.6) is 5.75 Å². The molecule has 0 radical (unpaired) electrons. The number of carbonyl (C=O) groups is 3. The number of esters is 1. The Kier molecular flexibility index (Phi) is 12.1. The van der Waals surface area contributed by atoms with Gasteiger partial charge in [0, 0.05) is 48.9 Å². The van der Waals surface area contributed by atoms with Gasteiger partial charge in [0.1, 0.15) is 0 Å². The van der Waals surface area contributed by atoms with Gasteiger partial charge in [0.2, 0.25) is 5.82 Å². The number of benzene rings is 3. The van der Waals surface area contributed by atoms with E-state index in [1.165, 1.54) is 0 Å². The van der Waals surface area contributed by atoms with Gasteiger partial charge >= 0.3 is 12.0 Å². The molecule has 0 spiro atoms. The number of hydrogen-bond donors (Lipinski definition) is 2. The molecule has 13 heteroatoms. The maximum absolute atomic E-state index is 14.7. The SMILES string of the molecule is CCOC(=O)CCNC(=O)N1CC2CC(c3ccc(CCCOc4c(F)ccc(F)c4F)cc3)=C(C(=O)N(Cc3ccccc3Cl)C3CC3)C(C1)N2. The number of ether oxygens (including phenoxy) is 2. The highest BCUT2D eigenvalue weighted by Gasteiger charge is 2.43. The topological polar surface area (TPSA) is 100 Å². The average molecular weight is 739 g/mol. The van der Waals surface area contributed by atoms with E-state index in [0.29, 0.717) is 42.9 Å². The van der Waals surface area contributed by atoms with E-state index >= 15 is 0 Å². The van der Waals surface area contributed by atoms with E-state index in [1.807, 2.05) is 53.4 Å². The van der Waals surface area contributed by atoms with Crippen molar-refractivity contribution < 1.29 is 37.0 Å². The van der Waals surface area contributed by atoms with Gasteiger partial charge in [-0.3, -0.25) is 9.59 Å². The van der Waals surface area contributed by atoms with Gasteiger partial charge in [-0.15, -0.1) is 0 Å². The zero-order valence-electron chi connectivity index (χ0n) is 28.9. The van der Waals surface area contributed by atoms with Crippen LogP contribution >= 0.6 is 11.6 Å². The molecule has 52 heavy (non-hydrogen) atoms. The van der Waals surface area contributed by atoms with Crippen LogP contribution in [-0.2, 0) is 27.3 Å². The standard InChI is InChI=1S/C39H42ClF3N4O5/c1-2-51-34(48)17-18-44-39(50)46-22-27-20-29(25-11-9-24(10-12-25)6-5-19-52-37-32(42)16-15-31(41)36(37)43)35(33(23-46)45-27)38(49)47(28-13-14-28)21-26-7-3-4-8-30(26)40/h3-4,7-12,15-16,27-28,33,45H,2,5-6,13-14,17-23H2,1H3,(H,44,50). The van der Waals surface area contributed by atoms with Crippen molar-refractivity contribution in [2.45, 2.75) is 70.1 Å². The number of nitrogens with one attached hydrogen (secondary N) is 2. The van der Waals surface area contributed by atoms with Gasteiger partial charge in [-0.25, -0.2) is 13.6 Å². The fraction of sp³-hybridized carbons (Fsp3) is 0.410. The molecular formula is C39H42ClF3N4O5. The van der Waals surface area contributed by atoms with Crippen LogP contribution in [0.2, 0.25) is 5.02 Å². The number of amides is 3. The van der Waals surface area contributed by atoms with Crippen molar-refractivity contribution >= 4 is 35.1 Å². The van der Waals surface area contributed by atoms with Gasteiger partial charge < -0.3 is 29.9 Å². The average Bonchev–Trinajstić information content (AvgIpc) is 3.98. The monoisotopic (exact) mass is 738 g/mol. The molecule has 6 rings (SSSR count). The van der Waals surface area contributed by atoms with Crippen LogP contribution in [-0.4, -0.2) is 78.7 Å². The molecule has 1 aliphatic carbocycles. The Labute approximate surface area is 306 Å². The van der Waals surface area contributed by atoms with Crippen molar-refractivity contribution in [2.75, 3.05) is 32.8 Å². The number of nitrogens with zero attached hydrogens (tertiary/aromatic N) is 2. The third-order valence-corrected chi connectivity index (χ3v) is 9.91. The first kappa shape index (κ1) is 37.2. The maximum Gasteiger partial charge on any atom is 0.317 e. The number of aryl methyl sites for hydroxylation is 1. The molecule has 3 aliphatic rings. The van der Waals surface area contributed by atoms with Gasteiger partial charge in [0.15, 0.2) is 17.4 Å². The van der Waals surface area contributed by atoms with Crippen LogP contribution in [0.25, 0.3) is 5.57 Å². The van der Waals surface area contributed by atoms with Crippen molar-refractivity contribution in [1.82, 2.24) is 20.4 Å².